The molecule has 0 spiro atoms. The van der Waals surface area contributed by atoms with Crippen molar-refractivity contribution < 1.29 is 66.7 Å². The van der Waals surface area contributed by atoms with Crippen LogP contribution in [0.1, 0.15) is 136 Å². The van der Waals surface area contributed by atoms with Crippen LogP contribution in [0.3, 0.4) is 0 Å². The van der Waals surface area contributed by atoms with Crippen LogP contribution >= 0.6 is 15.6 Å². The van der Waals surface area contributed by atoms with E-state index >= 15 is 0 Å². The van der Waals surface area contributed by atoms with E-state index in [2.05, 4.69) is 35.9 Å². The molecule has 0 saturated heterocycles. The van der Waals surface area contributed by atoms with E-state index in [9.17, 15) is 33.8 Å². The van der Waals surface area contributed by atoms with Crippen molar-refractivity contribution >= 4 is 27.6 Å². The molecule has 0 saturated carbocycles. The van der Waals surface area contributed by atoms with Gasteiger partial charge in [-0.3, -0.25) is 23.2 Å². The van der Waals surface area contributed by atoms with E-state index < -0.39 is 72.3 Å². The Bertz CT molecular complexity index is 1200. The second-order valence-corrected chi connectivity index (χ2v) is 16.3. The molecular weight excluding hydrogens is 754 g/mol. The molecule has 5 N–H and O–H groups in total. The van der Waals surface area contributed by atoms with E-state index in [4.69, 9.17) is 23.8 Å². The molecule has 0 heterocycles. The van der Waals surface area contributed by atoms with Gasteiger partial charge in [-0.05, 0) is 50.9 Å². The summed E-state index contributed by atoms with van der Waals surface area (Å²) in [5, 5.41) is 19.8. The first kappa shape index (κ1) is 53.0. The molecule has 0 radical (unpaired) electrons. The third-order valence-corrected chi connectivity index (χ3v) is 9.77. The van der Waals surface area contributed by atoms with Crippen LogP contribution in [0, 0.1) is 5.92 Å². The number of esters is 2. The van der Waals surface area contributed by atoms with Gasteiger partial charge in [0, 0.05) is 12.8 Å². The van der Waals surface area contributed by atoms with Crippen molar-refractivity contribution in [3.63, 3.8) is 0 Å². The summed E-state index contributed by atoms with van der Waals surface area (Å²) >= 11 is 0. The molecular formula is C39H70O14P2. The van der Waals surface area contributed by atoms with Crippen LogP contribution in [0.15, 0.2) is 48.6 Å². The van der Waals surface area contributed by atoms with Gasteiger partial charge in [-0.25, -0.2) is 9.13 Å². The second-order valence-electron chi connectivity index (χ2n) is 13.7. The third kappa shape index (κ3) is 37.4. The molecule has 0 fully saturated rings. The lowest BCUT2D eigenvalue weighted by Gasteiger charge is -2.20. The molecule has 16 heteroatoms. The maximum Gasteiger partial charge on any atom is 0.472 e. The first-order valence-electron chi connectivity index (χ1n) is 19.8. The number of unbranched alkanes of at least 4 members (excludes halogenated alkanes) is 9. The highest BCUT2D eigenvalue weighted by molar-refractivity contribution is 7.47. The van der Waals surface area contributed by atoms with Crippen molar-refractivity contribution in [3.05, 3.63) is 48.6 Å². The summed E-state index contributed by atoms with van der Waals surface area (Å²) in [6.07, 6.45) is 27.4. The second kappa shape index (κ2) is 34.1. The van der Waals surface area contributed by atoms with Crippen molar-refractivity contribution in [2.45, 2.75) is 155 Å². The summed E-state index contributed by atoms with van der Waals surface area (Å²) < 4.78 is 47.5. The minimum atomic E-state index is -4.87. The molecule has 0 aliphatic heterocycles. The van der Waals surface area contributed by atoms with E-state index in [0.717, 1.165) is 38.0 Å². The van der Waals surface area contributed by atoms with E-state index in [-0.39, 0.29) is 12.8 Å². The van der Waals surface area contributed by atoms with Crippen molar-refractivity contribution in [2.75, 3.05) is 26.4 Å². The zero-order valence-electron chi connectivity index (χ0n) is 33.3. The largest absolute Gasteiger partial charge is 0.472 e. The van der Waals surface area contributed by atoms with Crippen LogP contribution in [-0.4, -0.2) is 81.6 Å². The fraction of sp³-hybridized carbons (Fsp3) is 0.744. The summed E-state index contributed by atoms with van der Waals surface area (Å²) in [6.45, 7) is 3.79. The topological polar surface area (TPSA) is 216 Å². The predicted octanol–water partition coefficient (Wildman–Crippen LogP) is 8.33. The van der Waals surface area contributed by atoms with Gasteiger partial charge in [0.2, 0.25) is 0 Å². The van der Waals surface area contributed by atoms with Gasteiger partial charge in [-0.15, -0.1) is 0 Å². The van der Waals surface area contributed by atoms with Gasteiger partial charge >= 0.3 is 27.6 Å². The Morgan fingerprint density at radius 3 is 2.02 bits per heavy atom. The minimum absolute atomic E-state index is 0.0204. The van der Waals surface area contributed by atoms with E-state index in [1.165, 1.54) is 38.5 Å². The fourth-order valence-electron chi connectivity index (χ4n) is 4.87. The number of phosphoric acid groups is 2. The molecule has 2 unspecified atom stereocenters. The van der Waals surface area contributed by atoms with Crippen LogP contribution < -0.4 is 0 Å². The zero-order chi connectivity index (χ0) is 41.2. The average Bonchev–Trinajstić information content (AvgIpc) is 3.13. The van der Waals surface area contributed by atoms with Gasteiger partial charge in [0.1, 0.15) is 12.7 Å². The number of hydrogen-bond donors (Lipinski definition) is 5. The number of aliphatic hydroxyl groups excluding tert-OH is 2. The number of hydrogen-bond acceptors (Lipinski definition) is 11. The Morgan fingerprint density at radius 1 is 0.673 bits per heavy atom. The summed E-state index contributed by atoms with van der Waals surface area (Å²) in [7, 11) is -9.71. The molecule has 55 heavy (non-hydrogen) atoms. The molecule has 14 nitrogen and oxygen atoms in total. The van der Waals surface area contributed by atoms with Crippen molar-refractivity contribution in [1.82, 2.24) is 0 Å². The molecule has 0 aromatic carbocycles. The first-order chi connectivity index (χ1) is 26.2. The molecule has 0 aliphatic carbocycles. The molecule has 5 atom stereocenters. The highest BCUT2D eigenvalue weighted by Crippen LogP contribution is 2.43. The number of rotatable bonds is 36. The zero-order valence-corrected chi connectivity index (χ0v) is 35.1. The van der Waals surface area contributed by atoms with Gasteiger partial charge in [-0.1, -0.05) is 127 Å². The highest BCUT2D eigenvalue weighted by atomic mass is 31.2. The monoisotopic (exact) mass is 824 g/mol. The van der Waals surface area contributed by atoms with Crippen LogP contribution in [0.25, 0.3) is 0 Å². The number of aliphatic hydroxyl groups is 2. The molecule has 0 aromatic heterocycles. The highest BCUT2D eigenvalue weighted by Gasteiger charge is 2.28. The van der Waals surface area contributed by atoms with E-state index in [0.29, 0.717) is 32.1 Å². The number of phosphoric ester groups is 2. The van der Waals surface area contributed by atoms with E-state index in [1.54, 1.807) is 6.08 Å². The van der Waals surface area contributed by atoms with Crippen LogP contribution in [0.2, 0.25) is 0 Å². The van der Waals surface area contributed by atoms with Gasteiger partial charge in [-0.2, -0.15) is 0 Å². The van der Waals surface area contributed by atoms with Crippen molar-refractivity contribution in [2.24, 2.45) is 5.92 Å². The number of carbonyl (C=O) groups excluding carboxylic acids is 2. The van der Waals surface area contributed by atoms with Crippen molar-refractivity contribution in [3.8, 4) is 0 Å². The Labute approximate surface area is 329 Å². The predicted molar refractivity (Wildman–Crippen MR) is 213 cm³/mol. The first-order valence-corrected chi connectivity index (χ1v) is 22.9. The fourth-order valence-corrected chi connectivity index (χ4v) is 6.02. The summed E-state index contributed by atoms with van der Waals surface area (Å²) in [5.74, 6) is -0.405. The van der Waals surface area contributed by atoms with Crippen molar-refractivity contribution in [1.29, 1.82) is 0 Å². The number of ether oxygens (including phenoxy) is 2. The Morgan fingerprint density at radius 2 is 1.31 bits per heavy atom. The Kier molecular flexibility index (Phi) is 32.9. The molecule has 0 rings (SSSR count). The molecule has 320 valence electrons. The van der Waals surface area contributed by atoms with Gasteiger partial charge in [0.25, 0.3) is 0 Å². The van der Waals surface area contributed by atoms with Gasteiger partial charge < -0.3 is 34.4 Å². The Balaban J connectivity index is 4.74. The lowest BCUT2D eigenvalue weighted by Crippen LogP contribution is -2.29. The van der Waals surface area contributed by atoms with E-state index in [1.807, 2.05) is 36.5 Å². The quantitative estimate of drug-likeness (QED) is 0.0132. The Hall–Kier alpha value is -1.96. The van der Waals surface area contributed by atoms with Gasteiger partial charge in [0.05, 0.1) is 25.9 Å². The third-order valence-electron chi connectivity index (χ3n) is 8.33. The molecule has 0 bridgehead atoms. The average molecular weight is 825 g/mol. The van der Waals surface area contributed by atoms with Crippen LogP contribution in [0.5, 0.6) is 0 Å². The van der Waals surface area contributed by atoms with Crippen LogP contribution in [-0.2, 0) is 41.8 Å². The smallest absolute Gasteiger partial charge is 0.462 e. The molecule has 0 aromatic rings. The minimum Gasteiger partial charge on any atom is -0.462 e. The summed E-state index contributed by atoms with van der Waals surface area (Å²) in [5.41, 5.74) is 0. The standard InChI is InChI=1S/C39H70O14P2/c1-4-6-7-8-10-16-21-26-35(40)27-22-17-11-9-12-19-24-29-39(43)53-37(33-52-55(47,48)51-31-36(41)30-50-54(44,45)46)32-49-38(42)28-23-18-14-13-15-20-25-34(3)5-2/h9-10,12,16-17,21-22,26,34-37,40-41H,4-8,11,13-15,18-20,23-25,27-33H2,1-3H3,(H,47,48)(H2,44,45,46)/b12-9+,16-10-,22-17-,26-21-/t34?,35-,36-,37+/m0/s1. The maximum absolute atomic E-state index is 12.6. The van der Waals surface area contributed by atoms with Crippen LogP contribution in [0.4, 0.5) is 0 Å². The normalized spacial score (nSPS) is 15.9. The molecule has 0 aliphatic rings. The lowest BCUT2D eigenvalue weighted by atomic mass is 10.00. The van der Waals surface area contributed by atoms with Gasteiger partial charge in [0.15, 0.2) is 6.10 Å². The SMILES string of the molecule is CCCCC/C=C\C=C/[C@H](O)C/C=C\C/C=C/CCCC(=O)O[C@H](COC(=O)CCCCCCCCC(C)CC)COP(=O)(O)OC[C@@H](O)COP(=O)(O)O. The maximum atomic E-state index is 12.6. The number of allylic oxidation sites excluding steroid dienone is 6. The molecule has 0 amide bonds. The lowest BCUT2D eigenvalue weighted by molar-refractivity contribution is -0.161. The number of carbonyl (C=O) groups is 2. The summed E-state index contributed by atoms with van der Waals surface area (Å²) in [6, 6.07) is 0. The summed E-state index contributed by atoms with van der Waals surface area (Å²) in [4.78, 5) is 52.4.